The zero-order chi connectivity index (χ0) is 14.1. The Labute approximate surface area is 115 Å². The van der Waals surface area contributed by atoms with Gasteiger partial charge in [-0.05, 0) is 36.2 Å². The smallest absolute Gasteiger partial charge is 0.337 e. The van der Waals surface area contributed by atoms with E-state index in [1.165, 1.54) is 0 Å². The van der Waals surface area contributed by atoms with Crippen LogP contribution < -0.4 is 0 Å². The van der Waals surface area contributed by atoms with E-state index in [0.29, 0.717) is 12.1 Å². The molecule has 0 radical (unpaired) electrons. The summed E-state index contributed by atoms with van der Waals surface area (Å²) in [5, 5.41) is 9.17. The largest absolute Gasteiger partial charge is 0.478 e. The lowest BCUT2D eigenvalue weighted by Gasteiger charge is -2.07. The Bertz CT molecular complexity index is 793. The van der Waals surface area contributed by atoms with Crippen LogP contribution in [-0.4, -0.2) is 25.6 Å². The number of aryl methyl sites for hydroxylation is 1. The number of nitrogens with zero attached hydrogens (tertiary/aromatic N) is 3. The number of carboxylic acid groups (broad SMARTS) is 1. The summed E-state index contributed by atoms with van der Waals surface area (Å²) in [7, 11) is 0. The highest BCUT2D eigenvalue weighted by atomic mass is 16.4. The van der Waals surface area contributed by atoms with Crippen LogP contribution in [0.25, 0.3) is 11.0 Å². The van der Waals surface area contributed by atoms with Crippen molar-refractivity contribution in [2.24, 2.45) is 0 Å². The van der Waals surface area contributed by atoms with Crippen LogP contribution in [0.3, 0.4) is 0 Å². The summed E-state index contributed by atoms with van der Waals surface area (Å²) in [5.41, 5.74) is 3.81. The number of carbonyl (C=O) groups is 1. The van der Waals surface area contributed by atoms with Crippen molar-refractivity contribution in [2.75, 3.05) is 0 Å². The van der Waals surface area contributed by atoms with Crippen LogP contribution in [0.15, 0.2) is 43.0 Å². The number of imidazole rings is 1. The van der Waals surface area contributed by atoms with Crippen LogP contribution in [0, 0.1) is 6.92 Å². The summed E-state index contributed by atoms with van der Waals surface area (Å²) in [6, 6.07) is 7.15. The highest BCUT2D eigenvalue weighted by Crippen LogP contribution is 2.19. The van der Waals surface area contributed by atoms with Gasteiger partial charge in [0, 0.05) is 18.9 Å². The zero-order valence-electron chi connectivity index (χ0n) is 10.9. The van der Waals surface area contributed by atoms with Crippen molar-refractivity contribution in [3.05, 3.63) is 59.7 Å². The van der Waals surface area contributed by atoms with Crippen LogP contribution in [-0.2, 0) is 6.54 Å². The maximum Gasteiger partial charge on any atom is 0.337 e. The average Bonchev–Trinajstić information content (AvgIpc) is 2.84. The van der Waals surface area contributed by atoms with Gasteiger partial charge in [-0.15, -0.1) is 0 Å². The maximum absolute atomic E-state index is 11.2. The van der Waals surface area contributed by atoms with Gasteiger partial charge in [0.05, 0.1) is 17.4 Å². The normalized spacial score (nSPS) is 10.8. The predicted octanol–water partition coefficient (Wildman–Crippen LogP) is 2.49. The van der Waals surface area contributed by atoms with E-state index in [0.717, 1.165) is 16.6 Å². The third kappa shape index (κ3) is 2.03. The molecule has 20 heavy (non-hydrogen) atoms. The lowest BCUT2D eigenvalue weighted by Crippen LogP contribution is -2.01. The maximum atomic E-state index is 11.2. The van der Waals surface area contributed by atoms with E-state index in [1.807, 2.05) is 29.8 Å². The van der Waals surface area contributed by atoms with E-state index in [2.05, 4.69) is 9.97 Å². The average molecular weight is 267 g/mol. The lowest BCUT2D eigenvalue weighted by atomic mass is 10.1. The minimum absolute atomic E-state index is 0.229. The molecule has 5 nitrogen and oxygen atoms in total. The molecule has 0 atom stereocenters. The van der Waals surface area contributed by atoms with Gasteiger partial charge in [0.2, 0.25) is 0 Å². The number of hydrogen-bond donors (Lipinski definition) is 1. The predicted molar refractivity (Wildman–Crippen MR) is 74.8 cm³/mol. The lowest BCUT2D eigenvalue weighted by molar-refractivity contribution is 0.0699. The number of pyridine rings is 1. The fraction of sp³-hybridized carbons (Fsp3) is 0.133. The Morgan fingerprint density at radius 3 is 2.95 bits per heavy atom. The molecule has 0 unspecified atom stereocenters. The molecular weight excluding hydrogens is 254 g/mol. The molecule has 0 spiro atoms. The SMILES string of the molecule is Cc1cnccc1Cn1cnc2c(C(=O)O)cccc21. The van der Waals surface area contributed by atoms with Crippen molar-refractivity contribution in [3.63, 3.8) is 0 Å². The number of fused-ring (bicyclic) bond motifs is 1. The molecule has 0 saturated carbocycles. The van der Waals surface area contributed by atoms with Crippen LogP contribution in [0.2, 0.25) is 0 Å². The highest BCUT2D eigenvalue weighted by Gasteiger charge is 2.12. The summed E-state index contributed by atoms with van der Waals surface area (Å²) in [4.78, 5) is 19.5. The van der Waals surface area contributed by atoms with Gasteiger partial charge >= 0.3 is 5.97 Å². The number of aromatic carboxylic acids is 1. The molecule has 2 aromatic heterocycles. The monoisotopic (exact) mass is 267 g/mol. The fourth-order valence-electron chi connectivity index (χ4n) is 2.25. The van der Waals surface area contributed by atoms with Crippen molar-refractivity contribution in [2.45, 2.75) is 13.5 Å². The van der Waals surface area contributed by atoms with Gasteiger partial charge in [0.25, 0.3) is 0 Å². The van der Waals surface area contributed by atoms with Gasteiger partial charge in [0.1, 0.15) is 5.52 Å². The van der Waals surface area contributed by atoms with E-state index < -0.39 is 5.97 Å². The molecule has 100 valence electrons. The first-order valence-corrected chi connectivity index (χ1v) is 6.23. The van der Waals surface area contributed by atoms with E-state index >= 15 is 0 Å². The molecular formula is C15H13N3O2. The Morgan fingerprint density at radius 2 is 2.20 bits per heavy atom. The van der Waals surface area contributed by atoms with Crippen LogP contribution in [0.4, 0.5) is 0 Å². The van der Waals surface area contributed by atoms with Crippen molar-refractivity contribution in [1.82, 2.24) is 14.5 Å². The van der Waals surface area contributed by atoms with Crippen molar-refractivity contribution >= 4 is 17.0 Å². The molecule has 3 rings (SSSR count). The topological polar surface area (TPSA) is 68.0 Å². The molecule has 1 N–H and O–H groups in total. The van der Waals surface area contributed by atoms with E-state index in [1.54, 1.807) is 24.7 Å². The van der Waals surface area contributed by atoms with Crippen LogP contribution >= 0.6 is 0 Å². The van der Waals surface area contributed by atoms with E-state index in [-0.39, 0.29) is 5.56 Å². The number of para-hydroxylation sites is 1. The van der Waals surface area contributed by atoms with E-state index in [4.69, 9.17) is 5.11 Å². The molecule has 0 saturated heterocycles. The van der Waals surface area contributed by atoms with Crippen LogP contribution in [0.5, 0.6) is 0 Å². The molecule has 0 bridgehead atoms. The molecule has 0 amide bonds. The molecule has 1 aromatic carbocycles. The second-order valence-corrected chi connectivity index (χ2v) is 4.65. The first kappa shape index (κ1) is 12.3. The van der Waals surface area contributed by atoms with Crippen molar-refractivity contribution in [3.8, 4) is 0 Å². The molecule has 2 heterocycles. The summed E-state index contributed by atoms with van der Waals surface area (Å²) in [6.07, 6.45) is 5.25. The van der Waals surface area contributed by atoms with Gasteiger partial charge in [0.15, 0.2) is 0 Å². The van der Waals surface area contributed by atoms with Gasteiger partial charge in [-0.25, -0.2) is 9.78 Å². The Kier molecular flexibility index (Phi) is 2.95. The van der Waals surface area contributed by atoms with Crippen molar-refractivity contribution in [1.29, 1.82) is 0 Å². The Morgan fingerprint density at radius 1 is 1.35 bits per heavy atom. The Balaban J connectivity index is 2.08. The van der Waals surface area contributed by atoms with Gasteiger partial charge in [-0.3, -0.25) is 4.98 Å². The van der Waals surface area contributed by atoms with Crippen molar-refractivity contribution < 1.29 is 9.90 Å². The quantitative estimate of drug-likeness (QED) is 0.791. The van der Waals surface area contributed by atoms with Crippen LogP contribution in [0.1, 0.15) is 21.5 Å². The standard InChI is InChI=1S/C15H13N3O2/c1-10-7-16-6-5-11(10)8-18-9-17-14-12(15(19)20)3-2-4-13(14)18/h2-7,9H,8H2,1H3,(H,19,20). The molecule has 0 aliphatic carbocycles. The number of carboxylic acids is 1. The molecule has 0 aliphatic heterocycles. The van der Waals surface area contributed by atoms with Gasteiger partial charge in [-0.1, -0.05) is 6.07 Å². The minimum Gasteiger partial charge on any atom is -0.478 e. The van der Waals surface area contributed by atoms with E-state index in [9.17, 15) is 4.79 Å². The summed E-state index contributed by atoms with van der Waals surface area (Å²) >= 11 is 0. The number of hydrogen-bond acceptors (Lipinski definition) is 3. The Hall–Kier alpha value is -2.69. The summed E-state index contributed by atoms with van der Waals surface area (Å²) < 4.78 is 1.95. The molecule has 0 fully saturated rings. The number of benzene rings is 1. The number of aromatic nitrogens is 3. The second-order valence-electron chi connectivity index (χ2n) is 4.65. The summed E-state index contributed by atoms with van der Waals surface area (Å²) in [5.74, 6) is -0.957. The molecule has 0 aliphatic rings. The molecule has 3 aromatic rings. The third-order valence-corrected chi connectivity index (χ3v) is 3.36. The highest BCUT2D eigenvalue weighted by molar-refractivity contribution is 6.00. The second kappa shape index (κ2) is 4.77. The first-order valence-electron chi connectivity index (χ1n) is 6.23. The van der Waals surface area contributed by atoms with Gasteiger partial charge in [-0.2, -0.15) is 0 Å². The van der Waals surface area contributed by atoms with Gasteiger partial charge < -0.3 is 9.67 Å². The first-order chi connectivity index (χ1) is 9.66. The fourth-order valence-corrected chi connectivity index (χ4v) is 2.25. The third-order valence-electron chi connectivity index (χ3n) is 3.36. The molecule has 5 heteroatoms. The summed E-state index contributed by atoms with van der Waals surface area (Å²) in [6.45, 7) is 2.65. The minimum atomic E-state index is -0.957. The zero-order valence-corrected chi connectivity index (χ0v) is 10.9. The number of rotatable bonds is 3.